The third kappa shape index (κ3) is 3.11. The van der Waals surface area contributed by atoms with E-state index in [1.54, 1.807) is 6.33 Å². The van der Waals surface area contributed by atoms with Gasteiger partial charge in [0, 0.05) is 18.3 Å². The lowest BCUT2D eigenvalue weighted by molar-refractivity contribution is -0.118. The highest BCUT2D eigenvalue weighted by atomic mass is 16.2. The number of rotatable bonds is 3. The number of benzene rings is 1. The molecule has 21 heavy (non-hydrogen) atoms. The summed E-state index contributed by atoms with van der Waals surface area (Å²) in [5, 5.41) is 14.2. The Kier molecular flexibility index (Phi) is 3.96. The van der Waals surface area contributed by atoms with Crippen molar-refractivity contribution in [2.24, 2.45) is 7.05 Å². The Bertz CT molecular complexity index is 630. The fourth-order valence-electron chi connectivity index (χ4n) is 2.59. The third-order valence-corrected chi connectivity index (χ3v) is 3.73. The Hall–Kier alpha value is -2.21. The van der Waals surface area contributed by atoms with Gasteiger partial charge >= 0.3 is 0 Å². The van der Waals surface area contributed by atoms with Gasteiger partial charge in [0.05, 0.1) is 6.04 Å². The van der Waals surface area contributed by atoms with Crippen molar-refractivity contribution in [1.29, 1.82) is 0 Å². The van der Waals surface area contributed by atoms with Crippen molar-refractivity contribution in [3.63, 3.8) is 0 Å². The van der Waals surface area contributed by atoms with Crippen LogP contribution in [0.15, 0.2) is 30.6 Å². The number of hydrogen-bond acceptors (Lipinski definition) is 4. The second kappa shape index (κ2) is 6.05. The number of anilines is 1. The zero-order chi connectivity index (χ0) is 14.7. The summed E-state index contributed by atoms with van der Waals surface area (Å²) in [6.45, 7) is 0.914. The van der Waals surface area contributed by atoms with Gasteiger partial charge < -0.3 is 15.2 Å². The van der Waals surface area contributed by atoms with Gasteiger partial charge in [-0.15, -0.1) is 10.2 Å². The first-order valence-electron chi connectivity index (χ1n) is 7.23. The van der Waals surface area contributed by atoms with E-state index in [4.69, 9.17) is 0 Å². The molecule has 1 saturated heterocycles. The van der Waals surface area contributed by atoms with Crippen molar-refractivity contribution in [2.75, 3.05) is 11.9 Å². The lowest BCUT2D eigenvalue weighted by atomic mass is 10.0. The van der Waals surface area contributed by atoms with E-state index in [0.29, 0.717) is 0 Å². The molecule has 2 N–H and O–H groups in total. The molecule has 1 aromatic heterocycles. The van der Waals surface area contributed by atoms with E-state index in [2.05, 4.69) is 20.8 Å². The minimum atomic E-state index is -0.0859. The zero-order valence-electron chi connectivity index (χ0n) is 12.0. The highest BCUT2D eigenvalue weighted by Gasteiger charge is 2.20. The van der Waals surface area contributed by atoms with Crippen LogP contribution in [-0.4, -0.2) is 33.3 Å². The van der Waals surface area contributed by atoms with Crippen LogP contribution in [0.2, 0.25) is 0 Å². The van der Waals surface area contributed by atoms with Crippen LogP contribution in [0.25, 0.3) is 11.4 Å². The SMILES string of the molecule is Cn1cnnc1-c1cccc(NC(=O)[C@H]2CCCCN2)c1. The van der Waals surface area contributed by atoms with Gasteiger partial charge in [0.15, 0.2) is 5.82 Å². The first kappa shape index (κ1) is 13.8. The van der Waals surface area contributed by atoms with E-state index < -0.39 is 0 Å². The summed E-state index contributed by atoms with van der Waals surface area (Å²) in [6.07, 6.45) is 4.80. The van der Waals surface area contributed by atoms with E-state index in [0.717, 1.165) is 42.9 Å². The van der Waals surface area contributed by atoms with Gasteiger partial charge in [-0.25, -0.2) is 0 Å². The summed E-state index contributed by atoms with van der Waals surface area (Å²) >= 11 is 0. The minimum absolute atomic E-state index is 0.0322. The second-order valence-electron chi connectivity index (χ2n) is 5.34. The van der Waals surface area contributed by atoms with Crippen LogP contribution in [0.4, 0.5) is 5.69 Å². The molecule has 2 heterocycles. The van der Waals surface area contributed by atoms with Gasteiger partial charge in [-0.3, -0.25) is 4.79 Å². The van der Waals surface area contributed by atoms with E-state index >= 15 is 0 Å². The third-order valence-electron chi connectivity index (χ3n) is 3.73. The van der Waals surface area contributed by atoms with Crippen LogP contribution in [-0.2, 0) is 11.8 Å². The number of nitrogens with zero attached hydrogens (tertiary/aromatic N) is 3. The maximum Gasteiger partial charge on any atom is 0.241 e. The number of amides is 1. The first-order chi connectivity index (χ1) is 10.2. The van der Waals surface area contributed by atoms with Crippen molar-refractivity contribution in [3.05, 3.63) is 30.6 Å². The molecule has 0 spiro atoms. The molecule has 1 aliphatic heterocycles. The van der Waals surface area contributed by atoms with Crippen molar-refractivity contribution in [3.8, 4) is 11.4 Å². The van der Waals surface area contributed by atoms with E-state index in [1.807, 2.05) is 35.9 Å². The second-order valence-corrected chi connectivity index (χ2v) is 5.34. The van der Waals surface area contributed by atoms with Gasteiger partial charge in [0.25, 0.3) is 0 Å². The number of carbonyl (C=O) groups is 1. The average molecular weight is 285 g/mol. The average Bonchev–Trinajstić information content (AvgIpc) is 2.94. The molecule has 6 nitrogen and oxygen atoms in total. The molecule has 0 aliphatic carbocycles. The molecule has 0 unspecified atom stereocenters. The van der Waals surface area contributed by atoms with Gasteiger partial charge in [-0.05, 0) is 31.5 Å². The van der Waals surface area contributed by atoms with E-state index in [9.17, 15) is 4.79 Å². The van der Waals surface area contributed by atoms with Gasteiger partial charge in [-0.1, -0.05) is 18.6 Å². The van der Waals surface area contributed by atoms with Crippen molar-refractivity contribution in [2.45, 2.75) is 25.3 Å². The summed E-state index contributed by atoms with van der Waals surface area (Å²) in [5.41, 5.74) is 1.72. The number of piperidine rings is 1. The number of hydrogen-bond donors (Lipinski definition) is 2. The molecule has 2 aromatic rings. The van der Waals surface area contributed by atoms with Crippen LogP contribution in [0.5, 0.6) is 0 Å². The molecule has 0 bridgehead atoms. The van der Waals surface area contributed by atoms with Crippen LogP contribution >= 0.6 is 0 Å². The van der Waals surface area contributed by atoms with Crippen molar-refractivity contribution < 1.29 is 4.79 Å². The fraction of sp³-hybridized carbons (Fsp3) is 0.400. The smallest absolute Gasteiger partial charge is 0.241 e. The highest BCUT2D eigenvalue weighted by Crippen LogP contribution is 2.20. The van der Waals surface area contributed by atoms with Crippen LogP contribution in [0.3, 0.4) is 0 Å². The molecular weight excluding hydrogens is 266 g/mol. The van der Waals surface area contributed by atoms with E-state index in [1.165, 1.54) is 0 Å². The molecular formula is C15H19N5O. The summed E-state index contributed by atoms with van der Waals surface area (Å²) in [6, 6.07) is 7.59. The molecule has 1 aromatic carbocycles. The maximum atomic E-state index is 12.2. The molecule has 1 aliphatic rings. The topological polar surface area (TPSA) is 71.8 Å². The maximum absolute atomic E-state index is 12.2. The Balaban J connectivity index is 1.74. The zero-order valence-corrected chi connectivity index (χ0v) is 12.0. The Morgan fingerprint density at radius 3 is 3.05 bits per heavy atom. The van der Waals surface area contributed by atoms with E-state index in [-0.39, 0.29) is 11.9 Å². The lowest BCUT2D eigenvalue weighted by Gasteiger charge is -2.22. The first-order valence-corrected chi connectivity index (χ1v) is 7.23. The van der Waals surface area contributed by atoms with Crippen molar-refractivity contribution >= 4 is 11.6 Å². The molecule has 3 rings (SSSR count). The van der Waals surface area contributed by atoms with Gasteiger partial charge in [0.2, 0.25) is 5.91 Å². The van der Waals surface area contributed by atoms with Crippen LogP contribution < -0.4 is 10.6 Å². The number of nitrogens with one attached hydrogen (secondary N) is 2. The lowest BCUT2D eigenvalue weighted by Crippen LogP contribution is -2.43. The molecule has 1 fully saturated rings. The molecule has 0 saturated carbocycles. The van der Waals surface area contributed by atoms with Gasteiger partial charge in [-0.2, -0.15) is 0 Å². The fourth-order valence-corrected chi connectivity index (χ4v) is 2.59. The summed E-state index contributed by atoms with van der Waals surface area (Å²) < 4.78 is 1.85. The quantitative estimate of drug-likeness (QED) is 0.898. The standard InChI is InChI=1S/C15H19N5O/c1-20-10-17-19-14(20)11-5-4-6-12(9-11)18-15(21)13-7-2-3-8-16-13/h4-6,9-10,13,16H,2-3,7-8H2,1H3,(H,18,21)/t13-/m1/s1. The van der Waals surface area contributed by atoms with Crippen LogP contribution in [0.1, 0.15) is 19.3 Å². The number of aromatic nitrogens is 3. The predicted molar refractivity (Wildman–Crippen MR) is 80.7 cm³/mol. The normalized spacial score (nSPS) is 18.4. The highest BCUT2D eigenvalue weighted by molar-refractivity contribution is 5.95. The molecule has 6 heteroatoms. The number of carbonyl (C=O) groups excluding carboxylic acids is 1. The summed E-state index contributed by atoms with van der Waals surface area (Å²) in [7, 11) is 1.90. The number of aryl methyl sites for hydroxylation is 1. The molecule has 0 radical (unpaired) electrons. The summed E-state index contributed by atoms with van der Waals surface area (Å²) in [4.78, 5) is 12.2. The predicted octanol–water partition coefficient (Wildman–Crippen LogP) is 1.56. The van der Waals surface area contributed by atoms with Gasteiger partial charge in [0.1, 0.15) is 6.33 Å². The molecule has 110 valence electrons. The summed E-state index contributed by atoms with van der Waals surface area (Å²) in [5.74, 6) is 0.812. The monoisotopic (exact) mass is 285 g/mol. The van der Waals surface area contributed by atoms with Crippen LogP contribution in [0, 0.1) is 0 Å². The van der Waals surface area contributed by atoms with Crippen molar-refractivity contribution in [1.82, 2.24) is 20.1 Å². The molecule has 1 amide bonds. The molecule has 1 atom stereocenters. The largest absolute Gasteiger partial charge is 0.325 e. The Morgan fingerprint density at radius 1 is 1.43 bits per heavy atom. The minimum Gasteiger partial charge on any atom is -0.325 e. The Morgan fingerprint density at radius 2 is 2.33 bits per heavy atom. The Labute approximate surface area is 123 Å².